The molecule has 0 spiro atoms. The van der Waals surface area contributed by atoms with Crippen molar-refractivity contribution in [3.8, 4) is 0 Å². The van der Waals surface area contributed by atoms with E-state index in [0.29, 0.717) is 43.7 Å². The Kier molecular flexibility index (Phi) is 5.78. The Morgan fingerprint density at radius 1 is 1.19 bits per heavy atom. The molecule has 1 saturated heterocycles. The Morgan fingerprint density at radius 3 is 2.50 bits per heavy atom. The normalized spacial score (nSPS) is 16.5. The van der Waals surface area contributed by atoms with Crippen LogP contribution in [0.1, 0.15) is 30.6 Å². The SMILES string of the molecule is Cc1ccc(S(=O)(=O)N2CCC(NC(=O)CCc3ccco3)CC2)cc1. The average Bonchev–Trinajstić information content (AvgIpc) is 3.14. The fourth-order valence-corrected chi connectivity index (χ4v) is 4.56. The molecule has 140 valence electrons. The summed E-state index contributed by atoms with van der Waals surface area (Å²) in [5.74, 6) is 0.764. The summed E-state index contributed by atoms with van der Waals surface area (Å²) in [4.78, 5) is 12.4. The maximum Gasteiger partial charge on any atom is 0.243 e. The molecule has 1 amide bonds. The Labute approximate surface area is 154 Å². The average molecular weight is 376 g/mol. The van der Waals surface area contributed by atoms with Gasteiger partial charge in [0.2, 0.25) is 15.9 Å². The van der Waals surface area contributed by atoms with Crippen LogP contribution < -0.4 is 5.32 Å². The molecule has 1 aromatic carbocycles. The smallest absolute Gasteiger partial charge is 0.243 e. The highest BCUT2D eigenvalue weighted by molar-refractivity contribution is 7.89. The molecule has 1 fully saturated rings. The molecule has 7 heteroatoms. The monoisotopic (exact) mass is 376 g/mol. The molecule has 3 rings (SSSR count). The second kappa shape index (κ2) is 8.05. The van der Waals surface area contributed by atoms with Crippen LogP contribution in [0, 0.1) is 6.92 Å². The maximum absolute atomic E-state index is 12.7. The summed E-state index contributed by atoms with van der Waals surface area (Å²) in [5.41, 5.74) is 1.03. The number of carbonyl (C=O) groups is 1. The van der Waals surface area contributed by atoms with Gasteiger partial charge in [-0.3, -0.25) is 4.79 Å². The summed E-state index contributed by atoms with van der Waals surface area (Å²) < 4.78 is 32.1. The lowest BCUT2D eigenvalue weighted by Gasteiger charge is -2.31. The highest BCUT2D eigenvalue weighted by Crippen LogP contribution is 2.21. The van der Waals surface area contributed by atoms with E-state index in [2.05, 4.69) is 5.32 Å². The van der Waals surface area contributed by atoms with Crippen LogP contribution in [-0.2, 0) is 21.2 Å². The summed E-state index contributed by atoms with van der Waals surface area (Å²) in [6.45, 7) is 2.76. The molecule has 26 heavy (non-hydrogen) atoms. The van der Waals surface area contributed by atoms with Crippen molar-refractivity contribution < 1.29 is 17.6 Å². The molecule has 1 aliphatic rings. The lowest BCUT2D eigenvalue weighted by molar-refractivity contribution is -0.122. The summed E-state index contributed by atoms with van der Waals surface area (Å²) in [6, 6.07) is 10.6. The summed E-state index contributed by atoms with van der Waals surface area (Å²) >= 11 is 0. The number of hydrogen-bond donors (Lipinski definition) is 1. The quantitative estimate of drug-likeness (QED) is 0.840. The van der Waals surface area contributed by atoms with Gasteiger partial charge in [-0.05, 0) is 44.0 Å². The van der Waals surface area contributed by atoms with E-state index >= 15 is 0 Å². The molecule has 0 aliphatic carbocycles. The molecule has 0 unspecified atom stereocenters. The molecule has 1 aliphatic heterocycles. The van der Waals surface area contributed by atoms with Crippen molar-refractivity contribution >= 4 is 15.9 Å². The molecule has 1 aromatic heterocycles. The van der Waals surface area contributed by atoms with E-state index in [4.69, 9.17) is 4.42 Å². The van der Waals surface area contributed by atoms with Crippen LogP contribution >= 0.6 is 0 Å². The number of nitrogens with zero attached hydrogens (tertiary/aromatic N) is 1. The van der Waals surface area contributed by atoms with Gasteiger partial charge in [0.05, 0.1) is 11.2 Å². The Bertz CT molecular complexity index is 821. The first-order valence-corrected chi connectivity index (χ1v) is 10.3. The number of carbonyl (C=O) groups excluding carboxylic acids is 1. The summed E-state index contributed by atoms with van der Waals surface area (Å²) in [7, 11) is -3.46. The zero-order chi connectivity index (χ0) is 18.6. The van der Waals surface area contributed by atoms with Crippen molar-refractivity contribution in [3.05, 3.63) is 54.0 Å². The van der Waals surface area contributed by atoms with Gasteiger partial charge in [0, 0.05) is 32.0 Å². The van der Waals surface area contributed by atoms with E-state index in [9.17, 15) is 13.2 Å². The predicted octanol–water partition coefficient (Wildman–Crippen LogP) is 2.49. The lowest BCUT2D eigenvalue weighted by Crippen LogP contribution is -2.46. The van der Waals surface area contributed by atoms with Crippen molar-refractivity contribution in [1.29, 1.82) is 0 Å². The third-order valence-corrected chi connectivity index (χ3v) is 6.57. The third kappa shape index (κ3) is 4.53. The van der Waals surface area contributed by atoms with Crippen molar-refractivity contribution in [2.24, 2.45) is 0 Å². The number of rotatable bonds is 6. The first-order chi connectivity index (χ1) is 12.4. The van der Waals surface area contributed by atoms with E-state index in [-0.39, 0.29) is 11.9 Å². The molecule has 2 aromatic rings. The summed E-state index contributed by atoms with van der Waals surface area (Å²) in [6.07, 6.45) is 3.78. The molecule has 6 nitrogen and oxygen atoms in total. The van der Waals surface area contributed by atoms with Gasteiger partial charge in [0.25, 0.3) is 0 Å². The van der Waals surface area contributed by atoms with Crippen LogP contribution in [0.2, 0.25) is 0 Å². The number of benzene rings is 1. The van der Waals surface area contributed by atoms with Crippen molar-refractivity contribution in [3.63, 3.8) is 0 Å². The Morgan fingerprint density at radius 2 is 1.88 bits per heavy atom. The number of hydrogen-bond acceptors (Lipinski definition) is 4. The zero-order valence-electron chi connectivity index (χ0n) is 14.8. The fraction of sp³-hybridized carbons (Fsp3) is 0.421. The maximum atomic E-state index is 12.7. The Hall–Kier alpha value is -2.12. The predicted molar refractivity (Wildman–Crippen MR) is 98.1 cm³/mol. The second-order valence-electron chi connectivity index (χ2n) is 6.64. The van der Waals surface area contributed by atoms with E-state index in [0.717, 1.165) is 11.3 Å². The van der Waals surface area contributed by atoms with Gasteiger partial charge in [-0.25, -0.2) is 8.42 Å². The van der Waals surface area contributed by atoms with E-state index in [1.807, 2.05) is 13.0 Å². The molecule has 0 radical (unpaired) electrons. The van der Waals surface area contributed by atoms with Crippen molar-refractivity contribution in [2.75, 3.05) is 13.1 Å². The van der Waals surface area contributed by atoms with Gasteiger partial charge in [0.15, 0.2) is 0 Å². The summed E-state index contributed by atoms with van der Waals surface area (Å²) in [5, 5.41) is 3.00. The third-order valence-electron chi connectivity index (χ3n) is 4.66. The second-order valence-corrected chi connectivity index (χ2v) is 8.58. The largest absolute Gasteiger partial charge is 0.469 e. The van der Waals surface area contributed by atoms with Crippen LogP contribution in [-0.4, -0.2) is 37.8 Å². The number of sulfonamides is 1. The van der Waals surface area contributed by atoms with Gasteiger partial charge >= 0.3 is 0 Å². The van der Waals surface area contributed by atoms with Crippen molar-refractivity contribution in [1.82, 2.24) is 9.62 Å². The number of nitrogens with one attached hydrogen (secondary N) is 1. The molecule has 0 bridgehead atoms. The van der Waals surface area contributed by atoms with Gasteiger partial charge < -0.3 is 9.73 Å². The number of aryl methyl sites for hydroxylation is 2. The first kappa shape index (κ1) is 18.7. The number of amides is 1. The molecule has 0 saturated carbocycles. The standard InChI is InChI=1S/C19H24N2O4S/c1-15-4-7-18(8-5-15)26(23,24)21-12-10-16(11-13-21)20-19(22)9-6-17-3-2-14-25-17/h2-5,7-8,14,16H,6,9-13H2,1H3,(H,20,22). The minimum atomic E-state index is -3.46. The molecular weight excluding hydrogens is 352 g/mol. The zero-order valence-corrected chi connectivity index (χ0v) is 15.7. The van der Waals surface area contributed by atoms with Gasteiger partial charge in [-0.2, -0.15) is 4.31 Å². The Balaban J connectivity index is 1.49. The minimum Gasteiger partial charge on any atom is -0.469 e. The van der Waals surface area contributed by atoms with Crippen LogP contribution in [0.4, 0.5) is 0 Å². The van der Waals surface area contributed by atoms with E-state index in [1.54, 1.807) is 36.6 Å². The van der Waals surface area contributed by atoms with Crippen molar-refractivity contribution in [2.45, 2.75) is 43.5 Å². The topological polar surface area (TPSA) is 79.6 Å². The van der Waals surface area contributed by atoms with E-state index in [1.165, 1.54) is 4.31 Å². The van der Waals surface area contributed by atoms with Gasteiger partial charge in [0.1, 0.15) is 5.76 Å². The number of piperidine rings is 1. The first-order valence-electron chi connectivity index (χ1n) is 8.84. The van der Waals surface area contributed by atoms with Crippen LogP contribution in [0.5, 0.6) is 0 Å². The van der Waals surface area contributed by atoms with Crippen LogP contribution in [0.15, 0.2) is 52.0 Å². The fourth-order valence-electron chi connectivity index (χ4n) is 3.09. The molecule has 1 N–H and O–H groups in total. The van der Waals surface area contributed by atoms with E-state index < -0.39 is 10.0 Å². The lowest BCUT2D eigenvalue weighted by atomic mass is 10.1. The molecular formula is C19H24N2O4S. The van der Waals surface area contributed by atoms with Gasteiger partial charge in [-0.1, -0.05) is 17.7 Å². The number of furan rings is 1. The van der Waals surface area contributed by atoms with Gasteiger partial charge in [-0.15, -0.1) is 0 Å². The molecule has 0 atom stereocenters. The van der Waals surface area contributed by atoms with Crippen LogP contribution in [0.3, 0.4) is 0 Å². The van der Waals surface area contributed by atoms with Crippen LogP contribution in [0.25, 0.3) is 0 Å². The highest BCUT2D eigenvalue weighted by atomic mass is 32.2. The molecule has 2 heterocycles. The minimum absolute atomic E-state index is 0.0172. The highest BCUT2D eigenvalue weighted by Gasteiger charge is 2.29.